The number of hydrogen-bond donors (Lipinski definition) is 1. The third-order valence-corrected chi connectivity index (χ3v) is 7.42. The first-order valence-corrected chi connectivity index (χ1v) is 14.0. The summed E-state index contributed by atoms with van der Waals surface area (Å²) in [6.07, 6.45) is 13.8. The molecule has 202 valence electrons. The Labute approximate surface area is 224 Å². The zero-order chi connectivity index (χ0) is 26.2. The molecule has 1 N–H and O–H groups in total. The Balaban J connectivity index is 0.946. The number of aliphatic hydroxyl groups excluding tert-OH is 1. The Hall–Kier alpha value is -3.00. The number of pyridine rings is 2. The third kappa shape index (κ3) is 6.70. The number of hydrogen-bond acceptors (Lipinski definition) is 6. The fourth-order valence-electron chi connectivity index (χ4n) is 5.04. The van der Waals surface area contributed by atoms with Crippen LogP contribution >= 0.6 is 0 Å². The highest BCUT2D eigenvalue weighted by molar-refractivity contribution is 6.08. The van der Waals surface area contributed by atoms with Crippen LogP contribution in [0.4, 0.5) is 0 Å². The average Bonchev–Trinajstić information content (AvgIpc) is 3.22. The van der Waals surface area contributed by atoms with Gasteiger partial charge in [0.25, 0.3) is 0 Å². The van der Waals surface area contributed by atoms with Crippen molar-refractivity contribution in [3.63, 3.8) is 0 Å². The number of unbranched alkanes of at least 4 members (excludes halogenated alkanes) is 4. The second-order valence-corrected chi connectivity index (χ2v) is 10.3. The van der Waals surface area contributed by atoms with Crippen LogP contribution < -0.4 is 4.74 Å². The van der Waals surface area contributed by atoms with Gasteiger partial charge in [-0.25, -0.2) is 4.98 Å². The number of nitrogens with zero attached hydrogens (tertiary/aromatic N) is 3. The molecule has 3 heterocycles. The van der Waals surface area contributed by atoms with Gasteiger partial charge in [-0.05, 0) is 75.1 Å². The summed E-state index contributed by atoms with van der Waals surface area (Å²) in [4.78, 5) is 8.81. The lowest BCUT2D eigenvalue weighted by Gasteiger charge is -2.31. The molecule has 0 aliphatic heterocycles. The van der Waals surface area contributed by atoms with E-state index in [2.05, 4.69) is 51.9 Å². The maximum atomic E-state index is 9.25. The van der Waals surface area contributed by atoms with Crippen molar-refractivity contribution in [3.8, 4) is 17.0 Å². The van der Waals surface area contributed by atoms with E-state index in [1.165, 1.54) is 21.8 Å². The molecule has 0 amide bonds. The lowest BCUT2D eigenvalue weighted by atomic mass is 9.92. The average molecular weight is 518 g/mol. The highest BCUT2D eigenvalue weighted by atomic mass is 16.5. The smallest absolute Gasteiger partial charge is 0.213 e. The molecule has 5 rings (SSSR count). The molecule has 0 unspecified atom stereocenters. The van der Waals surface area contributed by atoms with Crippen molar-refractivity contribution in [1.29, 1.82) is 0 Å². The maximum absolute atomic E-state index is 9.25. The first-order valence-electron chi connectivity index (χ1n) is 14.0. The normalized spacial score (nSPS) is 17.2. The number of ether oxygens (including phenoxy) is 3. The predicted molar refractivity (Wildman–Crippen MR) is 150 cm³/mol. The van der Waals surface area contributed by atoms with Crippen LogP contribution in [0.5, 0.6) is 5.88 Å². The Morgan fingerprint density at radius 3 is 2.34 bits per heavy atom. The molecule has 0 spiro atoms. The molecular formula is C31H39N3O4. The van der Waals surface area contributed by atoms with E-state index >= 15 is 0 Å². The molecule has 1 aromatic carbocycles. The van der Waals surface area contributed by atoms with Gasteiger partial charge in [0.2, 0.25) is 5.88 Å². The highest BCUT2D eigenvalue weighted by Crippen LogP contribution is 2.31. The molecule has 0 radical (unpaired) electrons. The lowest BCUT2D eigenvalue weighted by Crippen LogP contribution is -2.35. The molecule has 1 aliphatic carbocycles. The van der Waals surface area contributed by atoms with Crippen LogP contribution in [0.1, 0.15) is 51.4 Å². The monoisotopic (exact) mass is 517 g/mol. The van der Waals surface area contributed by atoms with Crippen LogP contribution in [-0.4, -0.2) is 58.3 Å². The Bertz CT molecular complexity index is 1300. The van der Waals surface area contributed by atoms with Gasteiger partial charge in [-0.2, -0.15) is 0 Å². The summed E-state index contributed by atoms with van der Waals surface area (Å²) in [6, 6.07) is 12.6. The first-order chi connectivity index (χ1) is 18.7. The molecule has 1 saturated carbocycles. The number of fused-ring (bicyclic) bond motifs is 3. The molecule has 4 aromatic rings. The zero-order valence-electron chi connectivity index (χ0n) is 22.3. The van der Waals surface area contributed by atoms with Crippen molar-refractivity contribution in [2.45, 2.75) is 63.6 Å². The molecule has 3 aromatic heterocycles. The summed E-state index contributed by atoms with van der Waals surface area (Å²) in [5.74, 6) is 0.666. The fourth-order valence-corrected chi connectivity index (χ4v) is 5.04. The predicted octanol–water partition coefficient (Wildman–Crippen LogP) is 6.06. The summed E-state index contributed by atoms with van der Waals surface area (Å²) in [6.45, 7) is 3.09. The molecule has 1 aliphatic rings. The van der Waals surface area contributed by atoms with Gasteiger partial charge in [-0.15, -0.1) is 0 Å². The number of aryl methyl sites for hydroxylation is 1. The van der Waals surface area contributed by atoms with E-state index in [4.69, 9.17) is 14.2 Å². The van der Waals surface area contributed by atoms with Crippen molar-refractivity contribution in [3.05, 3.63) is 55.0 Å². The van der Waals surface area contributed by atoms with Gasteiger partial charge in [-0.1, -0.05) is 12.1 Å². The fraction of sp³-hybridized carbons (Fsp3) is 0.484. The van der Waals surface area contributed by atoms with Crippen LogP contribution in [-0.2, 0) is 16.5 Å². The van der Waals surface area contributed by atoms with Gasteiger partial charge < -0.3 is 23.9 Å². The second-order valence-electron chi connectivity index (χ2n) is 10.3. The molecule has 7 nitrogen and oxygen atoms in total. The topological polar surface area (TPSA) is 78.6 Å². The SMILES string of the molecule is Cn1c2ccncc2c2ccc(-c3ccc(OCCCCCOCCCCCO[C@H]4C[C@@H](O)C4)nc3)cc21. The van der Waals surface area contributed by atoms with E-state index in [1.807, 2.05) is 24.7 Å². The summed E-state index contributed by atoms with van der Waals surface area (Å²) in [7, 11) is 2.10. The zero-order valence-corrected chi connectivity index (χ0v) is 22.3. The molecule has 0 bridgehead atoms. The van der Waals surface area contributed by atoms with Crippen LogP contribution in [0.3, 0.4) is 0 Å². The maximum Gasteiger partial charge on any atom is 0.213 e. The van der Waals surface area contributed by atoms with Gasteiger partial charge in [0, 0.05) is 73.4 Å². The second kappa shape index (κ2) is 13.2. The number of rotatable bonds is 15. The first kappa shape index (κ1) is 26.6. The summed E-state index contributed by atoms with van der Waals surface area (Å²) in [5.41, 5.74) is 4.58. The third-order valence-electron chi connectivity index (χ3n) is 7.42. The van der Waals surface area contributed by atoms with Crippen LogP contribution in [0, 0.1) is 0 Å². The Morgan fingerprint density at radius 1 is 0.816 bits per heavy atom. The van der Waals surface area contributed by atoms with Gasteiger partial charge in [0.05, 0.1) is 24.3 Å². The minimum Gasteiger partial charge on any atom is -0.478 e. The summed E-state index contributed by atoms with van der Waals surface area (Å²) in [5, 5.41) is 11.6. The van der Waals surface area contributed by atoms with Crippen molar-refractivity contribution in [2.75, 3.05) is 26.4 Å². The molecule has 38 heavy (non-hydrogen) atoms. The number of aromatic nitrogens is 3. The minimum absolute atomic E-state index is 0.134. The van der Waals surface area contributed by atoms with Crippen molar-refractivity contribution in [1.82, 2.24) is 14.5 Å². The van der Waals surface area contributed by atoms with Crippen LogP contribution in [0.25, 0.3) is 32.9 Å². The van der Waals surface area contributed by atoms with Gasteiger partial charge in [0.1, 0.15) is 0 Å². The summed E-state index contributed by atoms with van der Waals surface area (Å²) >= 11 is 0. The Morgan fingerprint density at radius 2 is 1.58 bits per heavy atom. The van der Waals surface area contributed by atoms with E-state index < -0.39 is 0 Å². The standard InChI is InChI=1S/C31H39N3O4/c1-34-29-12-13-32-22-28(29)27-10-8-23(18-30(27)34)24-9-11-31(33-21-24)38-17-7-3-5-15-36-14-4-2-6-16-37-26-19-25(35)20-26/h8-13,18,21-22,25-26,35H,2-7,14-17,19-20H2,1H3/t25-,26+. The van der Waals surface area contributed by atoms with Gasteiger partial charge in [0.15, 0.2) is 0 Å². The Kier molecular flexibility index (Phi) is 9.23. The van der Waals surface area contributed by atoms with Gasteiger partial charge >= 0.3 is 0 Å². The van der Waals surface area contributed by atoms with Crippen molar-refractivity contribution < 1.29 is 19.3 Å². The number of benzene rings is 1. The van der Waals surface area contributed by atoms with Gasteiger partial charge in [-0.3, -0.25) is 4.98 Å². The van der Waals surface area contributed by atoms with Crippen LogP contribution in [0.2, 0.25) is 0 Å². The van der Waals surface area contributed by atoms with E-state index in [-0.39, 0.29) is 12.2 Å². The molecule has 0 saturated heterocycles. The highest BCUT2D eigenvalue weighted by Gasteiger charge is 2.27. The molecular weight excluding hydrogens is 478 g/mol. The number of aliphatic hydroxyl groups is 1. The van der Waals surface area contributed by atoms with E-state index in [0.717, 1.165) is 82.3 Å². The largest absolute Gasteiger partial charge is 0.478 e. The van der Waals surface area contributed by atoms with E-state index in [9.17, 15) is 5.11 Å². The van der Waals surface area contributed by atoms with E-state index in [0.29, 0.717) is 12.5 Å². The summed E-state index contributed by atoms with van der Waals surface area (Å²) < 4.78 is 19.5. The van der Waals surface area contributed by atoms with E-state index in [1.54, 1.807) is 0 Å². The minimum atomic E-state index is -0.134. The van der Waals surface area contributed by atoms with Crippen molar-refractivity contribution >= 4 is 21.8 Å². The molecule has 7 heteroatoms. The molecule has 0 atom stereocenters. The van der Waals surface area contributed by atoms with Crippen LogP contribution in [0.15, 0.2) is 55.0 Å². The van der Waals surface area contributed by atoms with Crippen molar-refractivity contribution in [2.24, 2.45) is 7.05 Å². The lowest BCUT2D eigenvalue weighted by molar-refractivity contribution is -0.0715. The molecule has 1 fully saturated rings. The quantitative estimate of drug-likeness (QED) is 0.193.